The van der Waals surface area contributed by atoms with Gasteiger partial charge in [-0.1, -0.05) is 23.7 Å². The minimum atomic E-state index is -2.83. The van der Waals surface area contributed by atoms with Crippen LogP contribution in [0.5, 0.6) is 0 Å². The first-order valence-electron chi connectivity index (χ1n) is 8.58. The molecule has 0 aromatic heterocycles. The highest BCUT2D eigenvalue weighted by Gasteiger charge is 2.37. The SMILES string of the molecule is O=C(CSCc1ccc(Cl)cc1)N1CC[NH+]([C@@H]2CCS(=O)(=O)C2)CC1. The third-order valence-corrected chi connectivity index (χ3v) is 7.98. The van der Waals surface area contributed by atoms with E-state index in [2.05, 4.69) is 0 Å². The second-order valence-electron chi connectivity index (χ2n) is 6.76. The summed E-state index contributed by atoms with van der Waals surface area (Å²) in [6.07, 6.45) is 0.766. The maximum absolute atomic E-state index is 12.4. The van der Waals surface area contributed by atoms with Crippen LogP contribution < -0.4 is 4.90 Å². The lowest BCUT2D eigenvalue weighted by Crippen LogP contribution is -3.18. The number of quaternary nitrogens is 1. The number of benzene rings is 1. The van der Waals surface area contributed by atoms with Gasteiger partial charge in [-0.15, -0.1) is 11.8 Å². The molecule has 0 spiro atoms. The summed E-state index contributed by atoms with van der Waals surface area (Å²) in [4.78, 5) is 15.6. The first-order valence-corrected chi connectivity index (χ1v) is 11.9. The number of hydrogen-bond donors (Lipinski definition) is 1. The van der Waals surface area contributed by atoms with Crippen LogP contribution in [0.1, 0.15) is 12.0 Å². The summed E-state index contributed by atoms with van der Waals surface area (Å²) >= 11 is 7.49. The van der Waals surface area contributed by atoms with Gasteiger partial charge in [0, 0.05) is 17.2 Å². The van der Waals surface area contributed by atoms with Gasteiger partial charge in [-0.3, -0.25) is 4.79 Å². The number of rotatable bonds is 5. The lowest BCUT2D eigenvalue weighted by Gasteiger charge is -2.35. The van der Waals surface area contributed by atoms with Crippen LogP contribution in [0.15, 0.2) is 24.3 Å². The van der Waals surface area contributed by atoms with Crippen molar-refractivity contribution < 1.29 is 18.1 Å². The summed E-state index contributed by atoms with van der Waals surface area (Å²) < 4.78 is 23.2. The third-order valence-electron chi connectivity index (χ3n) is 4.98. The Morgan fingerprint density at radius 2 is 1.92 bits per heavy atom. The molecule has 2 fully saturated rings. The summed E-state index contributed by atoms with van der Waals surface area (Å²) in [5.41, 5.74) is 1.17. The van der Waals surface area contributed by atoms with Crippen molar-refractivity contribution in [1.82, 2.24) is 4.90 Å². The molecule has 8 heteroatoms. The molecule has 3 rings (SSSR count). The Hall–Kier alpha value is -0.760. The molecule has 0 radical (unpaired) electrons. The molecule has 0 saturated carbocycles. The fourth-order valence-corrected chi connectivity index (χ4v) is 6.34. The number of sulfone groups is 1. The molecule has 0 bridgehead atoms. The van der Waals surface area contributed by atoms with E-state index in [1.54, 1.807) is 11.8 Å². The number of carbonyl (C=O) groups excluding carboxylic acids is 1. The van der Waals surface area contributed by atoms with Crippen molar-refractivity contribution in [2.45, 2.75) is 18.2 Å². The van der Waals surface area contributed by atoms with Gasteiger partial charge >= 0.3 is 0 Å². The van der Waals surface area contributed by atoms with Crippen LogP contribution in [0.4, 0.5) is 0 Å². The van der Waals surface area contributed by atoms with Crippen LogP contribution >= 0.6 is 23.4 Å². The Labute approximate surface area is 158 Å². The minimum Gasteiger partial charge on any atom is -0.331 e. The van der Waals surface area contributed by atoms with E-state index in [4.69, 9.17) is 11.6 Å². The van der Waals surface area contributed by atoms with E-state index in [0.717, 1.165) is 43.4 Å². The second kappa shape index (κ2) is 8.29. The van der Waals surface area contributed by atoms with Crippen LogP contribution in [0.2, 0.25) is 5.02 Å². The van der Waals surface area contributed by atoms with Gasteiger partial charge in [-0.05, 0) is 17.7 Å². The second-order valence-corrected chi connectivity index (χ2v) is 10.4. The maximum Gasteiger partial charge on any atom is 0.232 e. The largest absolute Gasteiger partial charge is 0.331 e. The Kier molecular flexibility index (Phi) is 6.30. The Morgan fingerprint density at radius 3 is 2.52 bits per heavy atom. The highest BCUT2D eigenvalue weighted by Crippen LogP contribution is 2.16. The van der Waals surface area contributed by atoms with Crippen LogP contribution in [0.25, 0.3) is 0 Å². The van der Waals surface area contributed by atoms with Crippen molar-refractivity contribution in [2.24, 2.45) is 0 Å². The summed E-state index contributed by atoms with van der Waals surface area (Å²) in [6.45, 7) is 3.17. The standard InChI is InChI=1S/C17H23ClN2O3S2/c18-15-3-1-14(2-4-15)11-24-12-17(21)20-8-6-19(7-9-20)16-5-10-25(22,23)13-16/h1-4,16H,5-13H2/p+1/t16-/m1/s1. The predicted molar refractivity (Wildman–Crippen MR) is 102 cm³/mol. The Bertz CT molecular complexity index is 701. The number of nitrogens with one attached hydrogen (secondary N) is 1. The average Bonchev–Trinajstić information content (AvgIpc) is 2.97. The minimum absolute atomic E-state index is 0.178. The van der Waals surface area contributed by atoms with E-state index < -0.39 is 9.84 Å². The quantitative estimate of drug-likeness (QED) is 0.777. The van der Waals surface area contributed by atoms with Gasteiger partial charge < -0.3 is 9.80 Å². The smallest absolute Gasteiger partial charge is 0.232 e. The fraction of sp³-hybridized carbons (Fsp3) is 0.588. The van der Waals surface area contributed by atoms with Gasteiger partial charge in [0.1, 0.15) is 11.8 Å². The highest BCUT2D eigenvalue weighted by molar-refractivity contribution is 7.99. The lowest BCUT2D eigenvalue weighted by molar-refractivity contribution is -0.925. The topological polar surface area (TPSA) is 58.9 Å². The van der Waals surface area contributed by atoms with Gasteiger partial charge in [0.05, 0.1) is 37.7 Å². The third kappa shape index (κ3) is 5.36. The molecule has 1 aromatic carbocycles. The van der Waals surface area contributed by atoms with E-state index >= 15 is 0 Å². The maximum atomic E-state index is 12.4. The number of piperazine rings is 1. The summed E-state index contributed by atoms with van der Waals surface area (Å²) in [6, 6.07) is 7.92. The molecule has 5 nitrogen and oxygen atoms in total. The molecule has 2 saturated heterocycles. The number of thioether (sulfide) groups is 1. The van der Waals surface area contributed by atoms with E-state index in [0.29, 0.717) is 17.3 Å². The Morgan fingerprint density at radius 1 is 1.24 bits per heavy atom. The van der Waals surface area contributed by atoms with Crippen LogP contribution in [0, 0.1) is 0 Å². The molecular formula is C17H24ClN2O3S2+. The number of hydrogen-bond acceptors (Lipinski definition) is 4. The molecule has 1 atom stereocenters. The normalized spacial score (nSPS) is 23.7. The molecule has 1 amide bonds. The van der Waals surface area contributed by atoms with Crippen molar-refractivity contribution in [3.8, 4) is 0 Å². The van der Waals surface area contributed by atoms with E-state index in [-0.39, 0.29) is 11.9 Å². The number of amides is 1. The van der Waals surface area contributed by atoms with Crippen LogP contribution in [-0.4, -0.2) is 68.7 Å². The van der Waals surface area contributed by atoms with E-state index in [1.807, 2.05) is 29.2 Å². The van der Waals surface area contributed by atoms with Crippen molar-refractivity contribution in [3.05, 3.63) is 34.9 Å². The zero-order valence-corrected chi connectivity index (χ0v) is 16.5. The van der Waals surface area contributed by atoms with Crippen molar-refractivity contribution in [2.75, 3.05) is 43.4 Å². The van der Waals surface area contributed by atoms with Crippen LogP contribution in [0.3, 0.4) is 0 Å². The van der Waals surface area contributed by atoms with Gasteiger partial charge in [0.15, 0.2) is 9.84 Å². The first kappa shape index (κ1) is 19.0. The summed E-state index contributed by atoms with van der Waals surface area (Å²) in [7, 11) is -2.83. The molecule has 2 aliphatic heterocycles. The summed E-state index contributed by atoms with van der Waals surface area (Å²) in [5.74, 6) is 2.10. The number of halogens is 1. The average molecular weight is 404 g/mol. The number of carbonyl (C=O) groups is 1. The van der Waals surface area contributed by atoms with Gasteiger partial charge in [-0.2, -0.15) is 0 Å². The monoisotopic (exact) mass is 403 g/mol. The number of nitrogens with zero attached hydrogens (tertiary/aromatic N) is 1. The van der Waals surface area contributed by atoms with Gasteiger partial charge in [0.2, 0.25) is 5.91 Å². The molecule has 2 aliphatic rings. The van der Waals surface area contributed by atoms with Crippen molar-refractivity contribution in [3.63, 3.8) is 0 Å². The summed E-state index contributed by atoms with van der Waals surface area (Å²) in [5, 5.41) is 0.722. The van der Waals surface area contributed by atoms with Gasteiger partial charge in [-0.25, -0.2) is 8.42 Å². The molecular weight excluding hydrogens is 380 g/mol. The molecule has 1 N–H and O–H groups in total. The van der Waals surface area contributed by atoms with Gasteiger partial charge in [0.25, 0.3) is 0 Å². The zero-order valence-electron chi connectivity index (χ0n) is 14.1. The van der Waals surface area contributed by atoms with Crippen LogP contribution in [-0.2, 0) is 20.4 Å². The van der Waals surface area contributed by atoms with E-state index in [9.17, 15) is 13.2 Å². The lowest BCUT2D eigenvalue weighted by atomic mass is 10.2. The molecule has 0 aliphatic carbocycles. The van der Waals surface area contributed by atoms with E-state index in [1.165, 1.54) is 10.5 Å². The van der Waals surface area contributed by atoms with Crippen molar-refractivity contribution >= 4 is 39.1 Å². The zero-order chi connectivity index (χ0) is 17.9. The predicted octanol–water partition coefficient (Wildman–Crippen LogP) is 0.487. The Balaban J connectivity index is 1.39. The fourth-order valence-electron chi connectivity index (χ4n) is 3.50. The van der Waals surface area contributed by atoms with Crippen molar-refractivity contribution in [1.29, 1.82) is 0 Å². The molecule has 1 aromatic rings. The highest BCUT2D eigenvalue weighted by atomic mass is 35.5. The molecule has 25 heavy (non-hydrogen) atoms. The molecule has 0 unspecified atom stereocenters. The molecule has 138 valence electrons. The molecule has 2 heterocycles. The first-order chi connectivity index (χ1) is 11.9.